The van der Waals surface area contributed by atoms with Crippen LogP contribution in [0.5, 0.6) is 0 Å². The van der Waals surface area contributed by atoms with Gasteiger partial charge in [0.25, 0.3) is 0 Å². The fraction of sp³-hybridized carbons (Fsp3) is 0.889. The molecule has 0 aliphatic rings. The van der Waals surface area contributed by atoms with Crippen molar-refractivity contribution < 1.29 is 25.3 Å². The molecule has 0 fully saturated rings. The van der Waals surface area contributed by atoms with Gasteiger partial charge < -0.3 is 0 Å². The molecule has 252 valence electrons. The third kappa shape index (κ3) is 26.0. The molecule has 0 aromatic carbocycles. The van der Waals surface area contributed by atoms with Crippen molar-refractivity contribution >= 4 is 42.7 Å². The van der Waals surface area contributed by atoms with Crippen LogP contribution in [-0.4, -0.2) is 42.7 Å². The van der Waals surface area contributed by atoms with E-state index in [1.54, 1.807) is 0 Å². The number of carbonyl (C=O) groups excluding carboxylic acids is 4. The number of ketones is 2. The van der Waals surface area contributed by atoms with Crippen LogP contribution in [0.25, 0.3) is 0 Å². The first-order valence-corrected chi connectivity index (χ1v) is 24.7. The van der Waals surface area contributed by atoms with Gasteiger partial charge in [0.2, 0.25) is 0 Å². The summed E-state index contributed by atoms with van der Waals surface area (Å²) in [5.74, 6) is -1.34. The van der Waals surface area contributed by atoms with E-state index in [4.69, 9.17) is 6.15 Å². The minimum absolute atomic E-state index is 0.130. The summed E-state index contributed by atoms with van der Waals surface area (Å²) in [4.78, 5) is 50.4. The van der Waals surface area contributed by atoms with Gasteiger partial charge in [-0.1, -0.05) is 0 Å². The molecular formula is C36H68O6Sn. The van der Waals surface area contributed by atoms with Gasteiger partial charge in [0, 0.05) is 0 Å². The van der Waals surface area contributed by atoms with Gasteiger partial charge in [0.1, 0.15) is 0 Å². The van der Waals surface area contributed by atoms with Crippen LogP contribution in [0.1, 0.15) is 195 Å². The summed E-state index contributed by atoms with van der Waals surface area (Å²) in [5, 5.41) is 0. The first-order chi connectivity index (χ1) is 20.8. The molecular weight excluding hydrogens is 647 g/mol. The Labute approximate surface area is 270 Å². The van der Waals surface area contributed by atoms with E-state index in [1.165, 1.54) is 89.9 Å². The van der Waals surface area contributed by atoms with Crippen molar-refractivity contribution in [1.29, 1.82) is 0 Å². The van der Waals surface area contributed by atoms with Gasteiger partial charge in [-0.25, -0.2) is 0 Å². The van der Waals surface area contributed by atoms with Crippen molar-refractivity contribution in [3.05, 3.63) is 0 Å². The second kappa shape index (κ2) is 29.8. The fourth-order valence-electron chi connectivity index (χ4n) is 5.66. The molecule has 0 aromatic rings. The normalized spacial score (nSPS) is 11.4. The van der Waals surface area contributed by atoms with Crippen LogP contribution in [0.2, 0.25) is 8.87 Å². The number of hydrogen-bond donors (Lipinski definition) is 0. The van der Waals surface area contributed by atoms with Crippen molar-refractivity contribution in [2.75, 3.05) is 0 Å². The molecule has 0 spiro atoms. The molecule has 0 aliphatic carbocycles. The molecule has 43 heavy (non-hydrogen) atoms. The van der Waals surface area contributed by atoms with Gasteiger partial charge in [-0.2, -0.15) is 0 Å². The molecule has 0 aliphatic heterocycles. The summed E-state index contributed by atoms with van der Waals surface area (Å²) in [6, 6.07) is 0. The fourth-order valence-corrected chi connectivity index (χ4v) is 14.9. The summed E-state index contributed by atoms with van der Waals surface area (Å²) in [5.41, 5.74) is 0. The number of rotatable bonds is 32. The van der Waals surface area contributed by atoms with Crippen molar-refractivity contribution in [3.8, 4) is 0 Å². The average molecular weight is 716 g/mol. The topological polar surface area (TPSA) is 86.7 Å². The Morgan fingerprint density at radius 3 is 0.953 bits per heavy atom. The zero-order chi connectivity index (χ0) is 32.0. The van der Waals surface area contributed by atoms with Gasteiger partial charge in [-0.15, -0.1) is 0 Å². The van der Waals surface area contributed by atoms with Gasteiger partial charge in [-0.05, 0) is 0 Å². The van der Waals surface area contributed by atoms with Crippen LogP contribution < -0.4 is 0 Å². The molecule has 0 unspecified atom stereocenters. The van der Waals surface area contributed by atoms with Crippen molar-refractivity contribution in [2.24, 2.45) is 0 Å². The quantitative estimate of drug-likeness (QED) is 0.0391. The van der Waals surface area contributed by atoms with Crippen molar-refractivity contribution in [3.63, 3.8) is 0 Å². The molecule has 7 heteroatoms. The van der Waals surface area contributed by atoms with Crippen LogP contribution in [0.15, 0.2) is 0 Å². The molecule has 0 amide bonds. The summed E-state index contributed by atoms with van der Waals surface area (Å²) in [6.07, 6.45) is 25.5. The Morgan fingerprint density at radius 1 is 0.395 bits per heavy atom. The Morgan fingerprint density at radius 2 is 0.674 bits per heavy atom. The number of hydrogen-bond acceptors (Lipinski definition) is 6. The molecule has 6 nitrogen and oxygen atoms in total. The van der Waals surface area contributed by atoms with Crippen molar-refractivity contribution in [1.82, 2.24) is 0 Å². The zero-order valence-electron chi connectivity index (χ0n) is 28.7. The number of Topliss-reactive ketones (excluding diaryl/α,β-unsaturated/α-hetero) is 2. The Balaban J connectivity index is 5.23. The van der Waals surface area contributed by atoms with Gasteiger partial charge >= 0.3 is 272 Å². The van der Waals surface area contributed by atoms with Gasteiger partial charge in [0.05, 0.1) is 0 Å². The molecule has 0 rings (SSSR count). The Kier molecular flexibility index (Phi) is 29.1. The van der Waals surface area contributed by atoms with Crippen LogP contribution in [0.4, 0.5) is 0 Å². The molecule has 0 saturated carbocycles. The third-order valence-electron chi connectivity index (χ3n) is 8.16. The molecule has 0 aromatic heterocycles. The molecule has 0 heterocycles. The second-order valence-corrected chi connectivity index (χ2v) is 21.9. The zero-order valence-corrected chi connectivity index (χ0v) is 31.6. The van der Waals surface area contributed by atoms with Crippen LogP contribution in [0, 0.1) is 0 Å². The van der Waals surface area contributed by atoms with Gasteiger partial charge in [-0.3, -0.25) is 0 Å². The molecule has 0 N–H and O–H groups in total. The van der Waals surface area contributed by atoms with E-state index >= 15 is 0 Å². The monoisotopic (exact) mass is 716 g/mol. The average Bonchev–Trinajstić information content (AvgIpc) is 2.95. The summed E-state index contributed by atoms with van der Waals surface area (Å²) < 4.78 is 13.5. The predicted molar refractivity (Wildman–Crippen MR) is 180 cm³/mol. The van der Waals surface area contributed by atoms with Crippen molar-refractivity contribution in [2.45, 2.75) is 204 Å². The summed E-state index contributed by atoms with van der Waals surface area (Å²) >= 11 is -4.25. The Hall–Kier alpha value is -0.921. The van der Waals surface area contributed by atoms with E-state index < -0.39 is 31.1 Å². The first kappa shape index (κ1) is 42.1. The number of unbranched alkanes of at least 4 members (excludes halogenated alkanes) is 18. The molecule has 0 atom stereocenters. The summed E-state index contributed by atoms with van der Waals surface area (Å²) in [7, 11) is 0. The Bertz CT molecular complexity index is 663. The second-order valence-electron chi connectivity index (χ2n) is 12.7. The van der Waals surface area contributed by atoms with Gasteiger partial charge in [0.15, 0.2) is 0 Å². The standard InChI is InChI=1S/2C12H25.2C6H10O3.Sn/c2*1-3-5-7-9-11-12-10-8-6-4-2;2*1-2-3-5(7)4-6(8)9;/h2*1,3-12H2,2H3;2*2-4H2,1H3,(H,8,9);/q;;;;+2/p-2. The van der Waals surface area contributed by atoms with E-state index in [0.717, 1.165) is 38.5 Å². The minimum atomic E-state index is -4.25. The van der Waals surface area contributed by atoms with Crippen LogP contribution in [-0.2, 0) is 25.3 Å². The number of carbonyl (C=O) groups is 4. The maximum absolute atomic E-state index is 13.0. The third-order valence-corrected chi connectivity index (χ3v) is 18.0. The molecule has 0 saturated heterocycles. The van der Waals surface area contributed by atoms with E-state index in [0.29, 0.717) is 34.6 Å². The maximum atomic E-state index is 13.0. The van der Waals surface area contributed by atoms with E-state index in [-0.39, 0.29) is 24.4 Å². The van der Waals surface area contributed by atoms with Crippen LogP contribution in [0.3, 0.4) is 0 Å². The van der Waals surface area contributed by atoms with Crippen LogP contribution >= 0.6 is 0 Å². The first-order valence-electron chi connectivity index (χ1n) is 18.3. The summed E-state index contributed by atoms with van der Waals surface area (Å²) in [6.45, 7) is 8.31. The van der Waals surface area contributed by atoms with E-state index in [1.807, 2.05) is 13.8 Å². The predicted octanol–water partition coefficient (Wildman–Crippen LogP) is 10.9. The van der Waals surface area contributed by atoms with E-state index in [2.05, 4.69) is 13.8 Å². The SMILES string of the molecule is CCCCCCCCCCC[CH2][Sn]([CH2]CCCCCCCCCCC)([O]C(=O)CC(=O)CCC)[O]C(=O)CC(=O)CCC. The molecule has 0 radical (unpaired) electrons. The molecule has 0 bridgehead atoms. The van der Waals surface area contributed by atoms with E-state index in [9.17, 15) is 19.2 Å².